The van der Waals surface area contributed by atoms with E-state index in [1.807, 2.05) is 0 Å². The Balaban J connectivity index is 1.87. The molecule has 0 aliphatic heterocycles. The van der Waals surface area contributed by atoms with Crippen LogP contribution in [0.1, 0.15) is 28.5 Å². The number of amides is 1. The molecule has 1 amide bonds. The maximum Gasteiger partial charge on any atom is 0.338 e. The van der Waals surface area contributed by atoms with E-state index in [0.29, 0.717) is 22.5 Å². The average molecular weight is 469 g/mol. The summed E-state index contributed by atoms with van der Waals surface area (Å²) in [6.07, 6.45) is 0. The van der Waals surface area contributed by atoms with Crippen LogP contribution in [0.15, 0.2) is 75.2 Å². The van der Waals surface area contributed by atoms with Gasteiger partial charge in [-0.15, -0.1) is 0 Å². The van der Waals surface area contributed by atoms with E-state index >= 15 is 0 Å². The van der Waals surface area contributed by atoms with Gasteiger partial charge in [-0.3, -0.25) is 9.59 Å². The zero-order valence-corrected chi connectivity index (χ0v) is 19.3. The summed E-state index contributed by atoms with van der Waals surface area (Å²) >= 11 is 0. The van der Waals surface area contributed by atoms with Crippen molar-refractivity contribution in [3.63, 3.8) is 0 Å². The lowest BCUT2D eigenvalue weighted by Gasteiger charge is -2.15. The molecule has 0 unspecified atom stereocenters. The largest absolute Gasteiger partial charge is 0.462 e. The number of aryl methyl sites for hydroxylation is 2. The zero-order chi connectivity index (χ0) is 24.2. The number of anilines is 1. The van der Waals surface area contributed by atoms with Gasteiger partial charge >= 0.3 is 5.97 Å². The lowest BCUT2D eigenvalue weighted by molar-refractivity contribution is -0.116. The highest BCUT2D eigenvalue weighted by atomic mass is 32.2. The number of nitrogens with one attached hydrogen (secondary N) is 1. The van der Waals surface area contributed by atoms with Gasteiger partial charge in [-0.1, -0.05) is 18.2 Å². The van der Waals surface area contributed by atoms with Gasteiger partial charge in [-0.2, -0.15) is 0 Å². The Hall–Kier alpha value is -3.72. The standard InChI is InChI=1S/C24H24N2O6S/c1-4-32-24(29)18-10-12-19(13-11-18)25-21(27)15-26-17(3)14-16(2)22(23(26)28)33(30,31)20-8-6-5-7-9-20/h5-14H,4,15H2,1-3H3,(H,25,27). The summed E-state index contributed by atoms with van der Waals surface area (Å²) in [5.74, 6) is -0.986. The van der Waals surface area contributed by atoms with Gasteiger partial charge in [0.25, 0.3) is 5.56 Å². The number of carbonyl (C=O) groups is 2. The van der Waals surface area contributed by atoms with Crippen LogP contribution in [0.5, 0.6) is 0 Å². The summed E-state index contributed by atoms with van der Waals surface area (Å²) in [6, 6.07) is 15.4. The van der Waals surface area contributed by atoms with Crippen LogP contribution in [0.3, 0.4) is 0 Å². The summed E-state index contributed by atoms with van der Waals surface area (Å²) in [6.45, 7) is 4.78. The van der Waals surface area contributed by atoms with Crippen molar-refractivity contribution in [2.24, 2.45) is 0 Å². The highest BCUT2D eigenvalue weighted by Crippen LogP contribution is 2.21. The molecular weight excluding hydrogens is 444 g/mol. The van der Waals surface area contributed by atoms with Crippen LogP contribution >= 0.6 is 0 Å². The normalized spacial score (nSPS) is 11.1. The molecule has 8 nitrogen and oxygen atoms in total. The molecule has 0 bridgehead atoms. The molecule has 0 aliphatic carbocycles. The molecule has 0 atom stereocenters. The van der Waals surface area contributed by atoms with Gasteiger partial charge in [-0.05, 0) is 68.8 Å². The van der Waals surface area contributed by atoms with E-state index < -0.39 is 27.3 Å². The number of carbonyl (C=O) groups excluding carboxylic acids is 2. The number of rotatable bonds is 7. The topological polar surface area (TPSA) is 112 Å². The first-order valence-corrected chi connectivity index (χ1v) is 11.7. The maximum absolute atomic E-state index is 13.2. The second-order valence-electron chi connectivity index (χ2n) is 7.35. The van der Waals surface area contributed by atoms with Gasteiger partial charge in [0.2, 0.25) is 15.7 Å². The molecule has 0 fully saturated rings. The van der Waals surface area contributed by atoms with Gasteiger partial charge in [0.05, 0.1) is 17.1 Å². The van der Waals surface area contributed by atoms with Crippen molar-refractivity contribution in [2.75, 3.05) is 11.9 Å². The van der Waals surface area contributed by atoms with E-state index in [0.717, 1.165) is 4.57 Å². The third-order valence-corrected chi connectivity index (χ3v) is 6.88. The highest BCUT2D eigenvalue weighted by Gasteiger charge is 2.26. The Morgan fingerprint density at radius 1 is 1.00 bits per heavy atom. The Bertz CT molecular complexity index is 1340. The molecule has 0 spiro atoms. The molecule has 3 rings (SSSR count). The van der Waals surface area contributed by atoms with Gasteiger partial charge in [0, 0.05) is 11.4 Å². The number of aromatic nitrogens is 1. The third-order valence-electron chi connectivity index (χ3n) is 4.95. The fourth-order valence-electron chi connectivity index (χ4n) is 3.40. The predicted molar refractivity (Wildman–Crippen MR) is 123 cm³/mol. The Morgan fingerprint density at radius 2 is 1.64 bits per heavy atom. The molecule has 1 aromatic heterocycles. The number of sulfone groups is 1. The molecule has 0 aliphatic rings. The first kappa shape index (κ1) is 23.9. The van der Waals surface area contributed by atoms with E-state index in [1.165, 1.54) is 24.3 Å². The highest BCUT2D eigenvalue weighted by molar-refractivity contribution is 7.91. The minimum atomic E-state index is -4.06. The molecule has 0 saturated carbocycles. The van der Waals surface area contributed by atoms with Crippen molar-refractivity contribution in [3.05, 3.63) is 87.8 Å². The lowest BCUT2D eigenvalue weighted by Crippen LogP contribution is -2.33. The number of hydrogen-bond acceptors (Lipinski definition) is 6. The molecule has 172 valence electrons. The van der Waals surface area contributed by atoms with Crippen molar-refractivity contribution < 1.29 is 22.7 Å². The number of benzene rings is 2. The van der Waals surface area contributed by atoms with E-state index in [1.54, 1.807) is 57.2 Å². The van der Waals surface area contributed by atoms with Crippen molar-refractivity contribution in [3.8, 4) is 0 Å². The monoisotopic (exact) mass is 468 g/mol. The lowest BCUT2D eigenvalue weighted by atomic mass is 10.2. The van der Waals surface area contributed by atoms with Crippen LogP contribution in [0.2, 0.25) is 0 Å². The quantitative estimate of drug-likeness (QED) is 0.534. The number of esters is 1. The summed E-state index contributed by atoms with van der Waals surface area (Å²) in [4.78, 5) is 37.2. The Kier molecular flexibility index (Phi) is 7.13. The third kappa shape index (κ3) is 5.20. The molecule has 9 heteroatoms. The fourth-order valence-corrected chi connectivity index (χ4v) is 4.97. The van der Waals surface area contributed by atoms with Gasteiger partial charge in [-0.25, -0.2) is 13.2 Å². The Labute approximate surface area is 191 Å². The number of hydrogen-bond donors (Lipinski definition) is 1. The van der Waals surface area contributed by atoms with E-state index in [4.69, 9.17) is 4.74 Å². The predicted octanol–water partition coefficient (Wildman–Crippen LogP) is 3.11. The first-order chi connectivity index (χ1) is 15.6. The molecule has 3 aromatic rings. The smallest absolute Gasteiger partial charge is 0.338 e. The van der Waals surface area contributed by atoms with Crippen molar-refractivity contribution in [2.45, 2.75) is 37.1 Å². The zero-order valence-electron chi connectivity index (χ0n) is 18.5. The second-order valence-corrected chi connectivity index (χ2v) is 9.24. The number of ether oxygens (including phenoxy) is 1. The maximum atomic E-state index is 13.2. The average Bonchev–Trinajstić information content (AvgIpc) is 2.77. The number of pyridine rings is 1. The minimum absolute atomic E-state index is 0.00624. The van der Waals surface area contributed by atoms with E-state index in [2.05, 4.69) is 5.32 Å². The molecule has 1 N–H and O–H groups in total. The second kappa shape index (κ2) is 9.83. The summed E-state index contributed by atoms with van der Waals surface area (Å²) in [5, 5.41) is 2.65. The molecule has 33 heavy (non-hydrogen) atoms. The SMILES string of the molecule is CCOC(=O)c1ccc(NC(=O)Cn2c(C)cc(C)c(S(=O)(=O)c3ccccc3)c2=O)cc1. The van der Waals surface area contributed by atoms with Crippen LogP contribution in [0, 0.1) is 13.8 Å². The molecule has 2 aromatic carbocycles. The van der Waals surface area contributed by atoms with Crippen molar-refractivity contribution in [1.82, 2.24) is 4.57 Å². The minimum Gasteiger partial charge on any atom is -0.462 e. The van der Waals surface area contributed by atoms with Crippen molar-refractivity contribution >= 4 is 27.4 Å². The summed E-state index contributed by atoms with van der Waals surface area (Å²) in [7, 11) is -4.06. The van der Waals surface area contributed by atoms with E-state index in [9.17, 15) is 22.8 Å². The molecular formula is C24H24N2O6S. The molecule has 0 saturated heterocycles. The summed E-state index contributed by atoms with van der Waals surface area (Å²) in [5.41, 5.74) is 0.772. The first-order valence-electron chi connectivity index (χ1n) is 10.2. The summed E-state index contributed by atoms with van der Waals surface area (Å²) < 4.78 is 32.2. The van der Waals surface area contributed by atoms with Gasteiger partial charge in [0.1, 0.15) is 11.4 Å². The number of nitrogens with zero attached hydrogens (tertiary/aromatic N) is 1. The Morgan fingerprint density at radius 3 is 2.24 bits per heavy atom. The van der Waals surface area contributed by atoms with Crippen LogP contribution in [-0.4, -0.2) is 31.5 Å². The molecule has 0 radical (unpaired) electrons. The van der Waals surface area contributed by atoms with Gasteiger partial charge < -0.3 is 14.6 Å². The molecule has 1 heterocycles. The van der Waals surface area contributed by atoms with Gasteiger partial charge in [0.15, 0.2) is 0 Å². The van der Waals surface area contributed by atoms with Crippen LogP contribution in [0.4, 0.5) is 5.69 Å². The van der Waals surface area contributed by atoms with E-state index in [-0.39, 0.29) is 22.9 Å². The van der Waals surface area contributed by atoms with Crippen LogP contribution in [-0.2, 0) is 25.9 Å². The van der Waals surface area contributed by atoms with Crippen LogP contribution in [0.25, 0.3) is 0 Å². The van der Waals surface area contributed by atoms with Crippen LogP contribution < -0.4 is 10.9 Å². The van der Waals surface area contributed by atoms with Crippen molar-refractivity contribution in [1.29, 1.82) is 0 Å². The fraction of sp³-hybridized carbons (Fsp3) is 0.208.